The van der Waals surface area contributed by atoms with Crippen LogP contribution in [0.5, 0.6) is 0 Å². The van der Waals surface area contributed by atoms with E-state index in [1.165, 1.54) is 0 Å². The van der Waals surface area contributed by atoms with Gasteiger partial charge in [0.05, 0.1) is 6.04 Å². The van der Waals surface area contributed by atoms with Crippen molar-refractivity contribution in [3.63, 3.8) is 0 Å². The van der Waals surface area contributed by atoms with Gasteiger partial charge in [0.25, 0.3) is 0 Å². The molecule has 1 fully saturated rings. The van der Waals surface area contributed by atoms with Gasteiger partial charge >= 0.3 is 11.9 Å². The number of carboxylic acids is 2. The number of nitrogens with two attached hydrogens (primary N) is 3. The highest BCUT2D eigenvalue weighted by atomic mass is 16.4. The minimum absolute atomic E-state index is 0.0699. The number of nitrogens with one attached hydrogen (secondary N) is 2. The number of carbonyl (C=O) groups excluding carboxylic acids is 5. The molecule has 1 saturated heterocycles. The first-order valence-electron chi connectivity index (χ1n) is 11.0. The van der Waals surface area contributed by atoms with Gasteiger partial charge in [-0.2, -0.15) is 0 Å². The molecule has 0 radical (unpaired) electrons. The fraction of sp³-hybridized carbons (Fsp3) is 0.650. The summed E-state index contributed by atoms with van der Waals surface area (Å²) in [5.41, 5.74) is 15.9. The van der Waals surface area contributed by atoms with E-state index in [1.807, 2.05) is 0 Å². The zero-order valence-electron chi connectivity index (χ0n) is 19.1. The molecule has 1 aliphatic heterocycles. The van der Waals surface area contributed by atoms with Crippen molar-refractivity contribution in [1.82, 2.24) is 15.5 Å². The maximum absolute atomic E-state index is 13.2. The van der Waals surface area contributed by atoms with Crippen LogP contribution < -0.4 is 27.8 Å². The molecule has 196 valence electrons. The van der Waals surface area contributed by atoms with E-state index in [9.17, 15) is 38.7 Å². The van der Waals surface area contributed by atoms with Gasteiger partial charge in [-0.15, -0.1) is 0 Å². The predicted molar refractivity (Wildman–Crippen MR) is 118 cm³/mol. The van der Waals surface area contributed by atoms with E-state index in [1.54, 1.807) is 0 Å². The Labute approximate surface area is 200 Å². The summed E-state index contributed by atoms with van der Waals surface area (Å²) in [6.45, 7) is 0.125. The number of likely N-dealkylation sites (tertiary alicyclic amines) is 1. The molecule has 15 nitrogen and oxygen atoms in total. The van der Waals surface area contributed by atoms with E-state index in [2.05, 4.69) is 10.6 Å². The van der Waals surface area contributed by atoms with Crippen LogP contribution in [0.2, 0.25) is 0 Å². The second-order valence-corrected chi connectivity index (χ2v) is 8.20. The summed E-state index contributed by atoms with van der Waals surface area (Å²) in [5.74, 6) is -6.30. The van der Waals surface area contributed by atoms with E-state index >= 15 is 0 Å². The molecule has 4 unspecified atom stereocenters. The first-order chi connectivity index (χ1) is 16.3. The standard InChI is InChI=1S/C20H32N6O9/c21-10(3-6-14(22)27)17(31)24-11(4-7-15(23)28)19(33)26-9-1-2-13(26)18(32)25-12(20(34)35)5-8-16(29)30/h10-13H,1-9,21H2,(H2,22,27)(H2,23,28)(H,24,31)(H,25,32)(H,29,30)(H,34,35). The molecule has 0 saturated carbocycles. The molecule has 0 aromatic carbocycles. The topological polar surface area (TPSA) is 265 Å². The molecule has 0 aliphatic carbocycles. The highest BCUT2D eigenvalue weighted by Crippen LogP contribution is 2.20. The monoisotopic (exact) mass is 500 g/mol. The first kappa shape index (κ1) is 29.3. The SMILES string of the molecule is NC(=O)CCC(N)C(=O)NC(CCC(N)=O)C(=O)N1CCCC1C(=O)NC(CCC(=O)O)C(=O)O. The largest absolute Gasteiger partial charge is 0.481 e. The summed E-state index contributed by atoms with van der Waals surface area (Å²) in [6, 6.07) is -4.95. The minimum Gasteiger partial charge on any atom is -0.481 e. The van der Waals surface area contributed by atoms with Gasteiger partial charge in [0.1, 0.15) is 18.1 Å². The molecule has 35 heavy (non-hydrogen) atoms. The highest BCUT2D eigenvalue weighted by Gasteiger charge is 2.39. The number of hydrogen-bond acceptors (Lipinski definition) is 8. The van der Waals surface area contributed by atoms with Crippen LogP contribution >= 0.6 is 0 Å². The van der Waals surface area contributed by atoms with Gasteiger partial charge in [-0.05, 0) is 32.1 Å². The van der Waals surface area contributed by atoms with E-state index < -0.39 is 72.1 Å². The van der Waals surface area contributed by atoms with E-state index in [0.717, 1.165) is 4.90 Å². The van der Waals surface area contributed by atoms with Crippen molar-refractivity contribution >= 4 is 41.5 Å². The third-order valence-corrected chi connectivity index (χ3v) is 5.43. The number of carboxylic acid groups (broad SMARTS) is 2. The molecule has 15 heteroatoms. The maximum atomic E-state index is 13.2. The fourth-order valence-electron chi connectivity index (χ4n) is 3.55. The number of rotatable bonds is 15. The van der Waals surface area contributed by atoms with Gasteiger partial charge in [-0.1, -0.05) is 0 Å². The number of carbonyl (C=O) groups is 7. The van der Waals surface area contributed by atoms with E-state index in [0.29, 0.717) is 6.42 Å². The molecular formula is C20H32N6O9. The van der Waals surface area contributed by atoms with Gasteiger partial charge in [0.15, 0.2) is 0 Å². The van der Waals surface area contributed by atoms with Gasteiger partial charge in [0, 0.05) is 25.8 Å². The van der Waals surface area contributed by atoms with Crippen LogP contribution in [0.1, 0.15) is 51.4 Å². The number of amides is 5. The average molecular weight is 501 g/mol. The van der Waals surface area contributed by atoms with Crippen LogP contribution in [0.4, 0.5) is 0 Å². The third-order valence-electron chi connectivity index (χ3n) is 5.43. The van der Waals surface area contributed by atoms with Crippen molar-refractivity contribution in [2.75, 3.05) is 6.54 Å². The van der Waals surface area contributed by atoms with Crippen LogP contribution in [0.25, 0.3) is 0 Å². The normalized spacial score (nSPS) is 17.6. The van der Waals surface area contributed by atoms with Crippen LogP contribution in [0.3, 0.4) is 0 Å². The van der Waals surface area contributed by atoms with Crippen molar-refractivity contribution in [3.05, 3.63) is 0 Å². The van der Waals surface area contributed by atoms with E-state index in [4.69, 9.17) is 22.3 Å². The first-order valence-corrected chi connectivity index (χ1v) is 11.0. The molecule has 0 bridgehead atoms. The Kier molecular flexibility index (Phi) is 11.6. The van der Waals surface area contributed by atoms with Crippen molar-refractivity contribution in [2.45, 2.75) is 75.5 Å². The lowest BCUT2D eigenvalue weighted by molar-refractivity contribution is -0.145. The number of hydrogen-bond donors (Lipinski definition) is 7. The summed E-state index contributed by atoms with van der Waals surface area (Å²) in [6.07, 6.45) is -0.880. The minimum atomic E-state index is -1.47. The molecule has 0 aromatic rings. The Morgan fingerprint density at radius 2 is 1.43 bits per heavy atom. The van der Waals surface area contributed by atoms with Gasteiger partial charge in [-0.25, -0.2) is 4.79 Å². The Bertz CT molecular complexity index is 849. The summed E-state index contributed by atoms with van der Waals surface area (Å²) in [4.78, 5) is 83.9. The molecule has 0 spiro atoms. The molecule has 1 heterocycles. The number of aliphatic carboxylic acids is 2. The Hall–Kier alpha value is -3.75. The third kappa shape index (κ3) is 9.95. The summed E-state index contributed by atoms with van der Waals surface area (Å²) in [7, 11) is 0. The van der Waals surface area contributed by atoms with Crippen molar-refractivity contribution in [3.8, 4) is 0 Å². The molecule has 10 N–H and O–H groups in total. The second-order valence-electron chi connectivity index (χ2n) is 8.20. The van der Waals surface area contributed by atoms with Gasteiger partial charge < -0.3 is 42.9 Å². The second kappa shape index (κ2) is 13.8. The summed E-state index contributed by atoms with van der Waals surface area (Å²) in [5, 5.41) is 22.7. The molecule has 1 rings (SSSR count). The molecular weight excluding hydrogens is 468 g/mol. The zero-order chi connectivity index (χ0) is 26.7. The van der Waals surface area contributed by atoms with Crippen LogP contribution in [0, 0.1) is 0 Å². The predicted octanol–water partition coefficient (Wildman–Crippen LogP) is -3.25. The quantitative estimate of drug-likeness (QED) is 0.118. The van der Waals surface area contributed by atoms with Crippen molar-refractivity contribution in [1.29, 1.82) is 0 Å². The smallest absolute Gasteiger partial charge is 0.326 e. The fourth-order valence-corrected chi connectivity index (χ4v) is 3.55. The summed E-state index contributed by atoms with van der Waals surface area (Å²) < 4.78 is 0. The zero-order valence-corrected chi connectivity index (χ0v) is 19.1. The van der Waals surface area contributed by atoms with Gasteiger partial charge in [0.2, 0.25) is 29.5 Å². The van der Waals surface area contributed by atoms with Gasteiger partial charge in [-0.3, -0.25) is 28.8 Å². The lowest BCUT2D eigenvalue weighted by atomic mass is 10.1. The molecule has 5 amide bonds. The maximum Gasteiger partial charge on any atom is 0.326 e. The lowest BCUT2D eigenvalue weighted by Gasteiger charge is -2.30. The Balaban J connectivity index is 2.95. The molecule has 0 aromatic heterocycles. The Morgan fingerprint density at radius 3 is 1.97 bits per heavy atom. The average Bonchev–Trinajstić information content (AvgIpc) is 3.26. The molecule has 1 aliphatic rings. The Morgan fingerprint density at radius 1 is 0.857 bits per heavy atom. The van der Waals surface area contributed by atoms with Crippen LogP contribution in [-0.2, 0) is 33.6 Å². The van der Waals surface area contributed by atoms with Crippen molar-refractivity contribution < 1.29 is 43.8 Å². The molecule has 4 atom stereocenters. The number of primary amides is 2. The summed E-state index contributed by atoms with van der Waals surface area (Å²) >= 11 is 0. The van der Waals surface area contributed by atoms with Crippen molar-refractivity contribution in [2.24, 2.45) is 17.2 Å². The number of nitrogens with zero attached hydrogens (tertiary/aromatic N) is 1. The van der Waals surface area contributed by atoms with E-state index in [-0.39, 0.29) is 45.1 Å². The van der Waals surface area contributed by atoms with Crippen LogP contribution in [-0.4, -0.2) is 87.3 Å². The van der Waals surface area contributed by atoms with Crippen LogP contribution in [0.15, 0.2) is 0 Å². The highest BCUT2D eigenvalue weighted by molar-refractivity contribution is 5.95. The lowest BCUT2D eigenvalue weighted by Crippen LogP contribution is -2.57.